The molecule has 1 heterocycles. The number of halogens is 1. The molecule has 0 unspecified atom stereocenters. The van der Waals surface area contributed by atoms with Crippen LogP contribution in [-0.4, -0.2) is 37.2 Å². The topological polar surface area (TPSA) is 67.9 Å². The molecule has 1 aliphatic rings. The van der Waals surface area contributed by atoms with E-state index in [1.807, 2.05) is 31.2 Å². The van der Waals surface area contributed by atoms with Gasteiger partial charge in [-0.05, 0) is 37.6 Å². The highest BCUT2D eigenvalue weighted by Gasteiger charge is 2.37. The van der Waals surface area contributed by atoms with Gasteiger partial charge in [-0.1, -0.05) is 47.5 Å². The number of benzene rings is 2. The molecule has 2 aromatic rings. The van der Waals surface area contributed by atoms with Crippen LogP contribution in [-0.2, 0) is 9.53 Å². The largest absolute Gasteiger partial charge is 0.487 e. The van der Waals surface area contributed by atoms with Gasteiger partial charge in [0.25, 0.3) is 0 Å². The lowest BCUT2D eigenvalue weighted by Crippen LogP contribution is -2.48. The molecule has 0 saturated carbocycles. The number of nitrogens with zero attached hydrogens (tertiary/aromatic N) is 1. The first-order valence-electron chi connectivity index (χ1n) is 9.30. The Labute approximate surface area is 175 Å². The van der Waals surface area contributed by atoms with Crippen LogP contribution >= 0.6 is 11.6 Å². The molecular formula is C22H23ClN2O4. The number of carbonyl (C=O) groups is 2. The van der Waals surface area contributed by atoms with E-state index in [2.05, 4.69) is 5.32 Å². The highest BCUT2D eigenvalue weighted by Crippen LogP contribution is 2.34. The molecule has 0 bridgehead atoms. The number of aryl methyl sites for hydroxylation is 1. The number of nitrogens with one attached hydrogen (secondary N) is 1. The Morgan fingerprint density at radius 2 is 1.86 bits per heavy atom. The van der Waals surface area contributed by atoms with E-state index in [0.29, 0.717) is 27.6 Å². The third-order valence-electron chi connectivity index (χ3n) is 4.69. The summed E-state index contributed by atoms with van der Waals surface area (Å²) >= 11 is 6.35. The summed E-state index contributed by atoms with van der Waals surface area (Å²) in [5.74, 6) is 0.117. The van der Waals surface area contributed by atoms with Crippen molar-refractivity contribution in [3.05, 3.63) is 76.0 Å². The summed E-state index contributed by atoms with van der Waals surface area (Å²) < 4.78 is 11.2. The van der Waals surface area contributed by atoms with Crippen molar-refractivity contribution < 1.29 is 19.1 Å². The van der Waals surface area contributed by atoms with Gasteiger partial charge in [-0.2, -0.15) is 0 Å². The Morgan fingerprint density at radius 3 is 2.52 bits per heavy atom. The summed E-state index contributed by atoms with van der Waals surface area (Å²) in [5, 5.41) is 3.28. The summed E-state index contributed by atoms with van der Waals surface area (Å²) in [6.07, 6.45) is 0. The van der Waals surface area contributed by atoms with Crippen LogP contribution in [0.25, 0.3) is 0 Å². The predicted octanol–water partition coefficient (Wildman–Crippen LogP) is 4.24. The number of amides is 2. The monoisotopic (exact) mass is 414 g/mol. The van der Waals surface area contributed by atoms with Crippen LogP contribution < -0.4 is 10.1 Å². The smallest absolute Gasteiger partial charge is 0.338 e. The number of hydrogen-bond donors (Lipinski definition) is 1. The van der Waals surface area contributed by atoms with Gasteiger partial charge in [0.1, 0.15) is 12.4 Å². The number of carbonyl (C=O) groups excluding carboxylic acids is 2. The second-order valence-electron chi connectivity index (χ2n) is 6.65. The van der Waals surface area contributed by atoms with Gasteiger partial charge in [0.05, 0.1) is 23.9 Å². The van der Waals surface area contributed by atoms with Crippen molar-refractivity contribution in [2.24, 2.45) is 0 Å². The van der Waals surface area contributed by atoms with Crippen LogP contribution in [0.1, 0.15) is 24.1 Å². The maximum atomic E-state index is 12.9. The lowest BCUT2D eigenvalue weighted by Gasteiger charge is -2.34. The minimum atomic E-state index is -0.733. The average Bonchev–Trinajstić information content (AvgIpc) is 2.70. The molecule has 0 aromatic heterocycles. The average molecular weight is 415 g/mol. The molecule has 6 nitrogen and oxygen atoms in total. The van der Waals surface area contributed by atoms with E-state index < -0.39 is 12.0 Å². The number of likely N-dealkylation sites (N-methyl/N-ethyl adjacent to an activating group) is 1. The van der Waals surface area contributed by atoms with Gasteiger partial charge < -0.3 is 14.8 Å². The maximum Gasteiger partial charge on any atom is 0.338 e. The molecule has 0 aliphatic carbocycles. The van der Waals surface area contributed by atoms with Crippen molar-refractivity contribution in [3.63, 3.8) is 0 Å². The van der Waals surface area contributed by atoms with Crippen LogP contribution in [0.2, 0.25) is 5.02 Å². The van der Waals surface area contributed by atoms with Crippen LogP contribution in [0.5, 0.6) is 5.75 Å². The molecule has 7 heteroatoms. The standard InChI is InChI=1S/C22H23ClN2O4/c1-4-28-21(26)19-18(13-29-15-11-9-14(2)10-12-15)25(3)22(27)24-20(19)16-7-5-6-8-17(16)23/h5-12,20H,4,13H2,1-3H3,(H,24,27)/t20-/m1/s1. The van der Waals surface area contributed by atoms with E-state index in [9.17, 15) is 9.59 Å². The normalized spacial score (nSPS) is 16.5. The quantitative estimate of drug-likeness (QED) is 0.718. The summed E-state index contributed by atoms with van der Waals surface area (Å²) in [6, 6.07) is 13.5. The zero-order chi connectivity index (χ0) is 21.0. The van der Waals surface area contributed by atoms with Gasteiger partial charge >= 0.3 is 12.0 Å². The Morgan fingerprint density at radius 1 is 1.17 bits per heavy atom. The fourth-order valence-corrected chi connectivity index (χ4v) is 3.35. The van der Waals surface area contributed by atoms with E-state index in [4.69, 9.17) is 21.1 Å². The number of esters is 1. The number of ether oxygens (including phenoxy) is 2. The van der Waals surface area contributed by atoms with E-state index in [0.717, 1.165) is 5.56 Å². The van der Waals surface area contributed by atoms with Crippen molar-refractivity contribution in [1.29, 1.82) is 0 Å². The van der Waals surface area contributed by atoms with Gasteiger partial charge in [0.15, 0.2) is 0 Å². The van der Waals surface area contributed by atoms with Crippen LogP contribution in [0.3, 0.4) is 0 Å². The van der Waals surface area contributed by atoms with Crippen LogP contribution in [0.4, 0.5) is 4.79 Å². The van der Waals surface area contributed by atoms with Gasteiger partial charge in [0.2, 0.25) is 0 Å². The van der Waals surface area contributed by atoms with Crippen molar-refractivity contribution in [2.45, 2.75) is 19.9 Å². The van der Waals surface area contributed by atoms with Crippen molar-refractivity contribution in [1.82, 2.24) is 10.2 Å². The Kier molecular flexibility index (Phi) is 6.44. The van der Waals surface area contributed by atoms with Crippen molar-refractivity contribution in [2.75, 3.05) is 20.3 Å². The molecule has 0 spiro atoms. The Bertz CT molecular complexity index is 940. The molecule has 1 atom stereocenters. The predicted molar refractivity (Wildman–Crippen MR) is 111 cm³/mol. The van der Waals surface area contributed by atoms with Gasteiger partial charge in [-0.25, -0.2) is 9.59 Å². The minimum absolute atomic E-state index is 0.0298. The van der Waals surface area contributed by atoms with E-state index in [-0.39, 0.29) is 19.2 Å². The van der Waals surface area contributed by atoms with Crippen LogP contribution in [0, 0.1) is 6.92 Å². The molecular weight excluding hydrogens is 392 g/mol. The van der Waals surface area contributed by atoms with Crippen LogP contribution in [0.15, 0.2) is 59.8 Å². The first-order chi connectivity index (χ1) is 13.9. The molecule has 29 heavy (non-hydrogen) atoms. The summed E-state index contributed by atoms with van der Waals surface area (Å²) in [6.45, 7) is 3.96. The van der Waals surface area contributed by atoms with Crippen molar-refractivity contribution >= 4 is 23.6 Å². The molecule has 0 saturated heterocycles. The van der Waals surface area contributed by atoms with Gasteiger partial charge in [-0.3, -0.25) is 4.90 Å². The first kappa shape index (κ1) is 20.7. The first-order valence-corrected chi connectivity index (χ1v) is 9.68. The fourth-order valence-electron chi connectivity index (χ4n) is 3.11. The zero-order valence-corrected chi connectivity index (χ0v) is 17.3. The van der Waals surface area contributed by atoms with Crippen molar-refractivity contribution in [3.8, 4) is 5.75 Å². The molecule has 0 fully saturated rings. The molecule has 152 valence electrons. The fraction of sp³-hybridized carbons (Fsp3) is 0.273. The molecule has 3 rings (SSSR count). The summed E-state index contributed by atoms with van der Waals surface area (Å²) in [7, 11) is 1.59. The van der Waals surface area contributed by atoms with Gasteiger partial charge in [0, 0.05) is 12.1 Å². The van der Waals surface area contributed by atoms with E-state index >= 15 is 0 Å². The minimum Gasteiger partial charge on any atom is -0.487 e. The lowest BCUT2D eigenvalue weighted by molar-refractivity contribution is -0.139. The summed E-state index contributed by atoms with van der Waals surface area (Å²) in [4.78, 5) is 26.8. The zero-order valence-electron chi connectivity index (χ0n) is 16.6. The highest BCUT2D eigenvalue weighted by atomic mass is 35.5. The highest BCUT2D eigenvalue weighted by molar-refractivity contribution is 6.31. The third kappa shape index (κ3) is 4.54. The van der Waals surface area contributed by atoms with E-state index in [1.165, 1.54) is 4.90 Å². The molecule has 1 aliphatic heterocycles. The number of hydrogen-bond acceptors (Lipinski definition) is 4. The molecule has 1 N–H and O–H groups in total. The van der Waals surface area contributed by atoms with Gasteiger partial charge in [-0.15, -0.1) is 0 Å². The molecule has 2 aromatic carbocycles. The maximum absolute atomic E-state index is 12.9. The second kappa shape index (κ2) is 9.01. The lowest BCUT2D eigenvalue weighted by atomic mass is 9.94. The third-order valence-corrected chi connectivity index (χ3v) is 5.03. The summed E-state index contributed by atoms with van der Waals surface area (Å²) in [5.41, 5.74) is 2.45. The Hall–Kier alpha value is -2.99. The second-order valence-corrected chi connectivity index (χ2v) is 7.05. The SMILES string of the molecule is CCOC(=O)C1=C(COc2ccc(C)cc2)N(C)C(=O)N[C@@H]1c1ccccc1Cl. The number of urea groups is 1. The molecule has 2 amide bonds. The number of rotatable bonds is 6. The molecule has 0 radical (unpaired) electrons. The Balaban J connectivity index is 2.04. The van der Waals surface area contributed by atoms with E-state index in [1.54, 1.807) is 38.2 Å².